The number of carbonyl (C=O) groups is 2. The highest BCUT2D eigenvalue weighted by Gasteiger charge is 2.43. The van der Waals surface area contributed by atoms with Crippen LogP contribution in [0.25, 0.3) is 0 Å². The van der Waals surface area contributed by atoms with Crippen molar-refractivity contribution in [2.45, 2.75) is 58.4 Å². The Morgan fingerprint density at radius 1 is 1.38 bits per heavy atom. The second-order valence-electron chi connectivity index (χ2n) is 6.02. The zero-order chi connectivity index (χ0) is 15.6. The van der Waals surface area contributed by atoms with E-state index in [0.717, 1.165) is 29.0 Å². The molecule has 0 saturated heterocycles. The predicted molar refractivity (Wildman–Crippen MR) is 83.9 cm³/mol. The van der Waals surface area contributed by atoms with Crippen LogP contribution in [-0.2, 0) is 4.79 Å². The van der Waals surface area contributed by atoms with Crippen molar-refractivity contribution in [1.29, 1.82) is 0 Å². The lowest BCUT2D eigenvalue weighted by Gasteiger charge is -2.37. The maximum atomic E-state index is 12.4. The Kier molecular flexibility index (Phi) is 4.71. The van der Waals surface area contributed by atoms with E-state index in [2.05, 4.69) is 12.2 Å². The molecule has 1 aromatic heterocycles. The molecule has 0 radical (unpaired) electrons. The van der Waals surface area contributed by atoms with Gasteiger partial charge < -0.3 is 10.4 Å². The van der Waals surface area contributed by atoms with Gasteiger partial charge in [-0.3, -0.25) is 4.79 Å². The first-order chi connectivity index (χ1) is 9.88. The Balaban J connectivity index is 2.16. The van der Waals surface area contributed by atoms with Crippen LogP contribution in [0.5, 0.6) is 0 Å². The number of carboxylic acid groups (broad SMARTS) is 1. The number of rotatable bonds is 4. The summed E-state index contributed by atoms with van der Waals surface area (Å²) < 4.78 is 0. The van der Waals surface area contributed by atoms with Crippen molar-refractivity contribution >= 4 is 23.2 Å². The SMILES string of the molecule is CCC1CCC(NC(=O)c2cc(C)sc2C)(C(=O)O)CC1. The van der Waals surface area contributed by atoms with Crippen molar-refractivity contribution in [3.8, 4) is 0 Å². The third-order valence-corrected chi connectivity index (χ3v) is 5.55. The smallest absolute Gasteiger partial charge is 0.329 e. The second-order valence-corrected chi connectivity index (χ2v) is 7.48. The molecule has 116 valence electrons. The minimum atomic E-state index is -1.09. The molecule has 1 aliphatic rings. The Bertz CT molecular complexity index is 542. The lowest BCUT2D eigenvalue weighted by atomic mass is 9.75. The molecule has 1 aliphatic carbocycles. The maximum Gasteiger partial charge on any atom is 0.329 e. The number of hydrogen-bond donors (Lipinski definition) is 2. The molecule has 0 aliphatic heterocycles. The van der Waals surface area contributed by atoms with E-state index in [1.807, 2.05) is 19.9 Å². The summed E-state index contributed by atoms with van der Waals surface area (Å²) >= 11 is 1.56. The van der Waals surface area contributed by atoms with Crippen molar-refractivity contribution in [1.82, 2.24) is 5.32 Å². The molecule has 2 N–H and O–H groups in total. The van der Waals surface area contributed by atoms with Crippen molar-refractivity contribution in [2.24, 2.45) is 5.92 Å². The summed E-state index contributed by atoms with van der Waals surface area (Å²) in [6, 6.07) is 1.84. The van der Waals surface area contributed by atoms with Gasteiger partial charge in [0.05, 0.1) is 5.56 Å². The van der Waals surface area contributed by atoms with Crippen LogP contribution >= 0.6 is 11.3 Å². The highest BCUT2D eigenvalue weighted by Crippen LogP contribution is 2.34. The van der Waals surface area contributed by atoms with E-state index in [1.165, 1.54) is 0 Å². The monoisotopic (exact) mass is 309 g/mol. The molecule has 5 heteroatoms. The van der Waals surface area contributed by atoms with Gasteiger partial charge in [-0.15, -0.1) is 11.3 Å². The molecular weight excluding hydrogens is 286 g/mol. The average Bonchev–Trinajstić information content (AvgIpc) is 2.78. The minimum Gasteiger partial charge on any atom is -0.480 e. The van der Waals surface area contributed by atoms with Crippen LogP contribution in [0, 0.1) is 19.8 Å². The van der Waals surface area contributed by atoms with Crippen molar-refractivity contribution < 1.29 is 14.7 Å². The summed E-state index contributed by atoms with van der Waals surface area (Å²) in [5, 5.41) is 12.4. The molecule has 1 aromatic rings. The zero-order valence-electron chi connectivity index (χ0n) is 12.9. The Labute approximate surface area is 129 Å². The van der Waals surface area contributed by atoms with Crippen LogP contribution in [0.15, 0.2) is 6.07 Å². The lowest BCUT2D eigenvalue weighted by Crippen LogP contribution is -2.56. The molecule has 0 unspecified atom stereocenters. The van der Waals surface area contributed by atoms with Gasteiger partial charge in [0.15, 0.2) is 0 Å². The zero-order valence-corrected chi connectivity index (χ0v) is 13.7. The van der Waals surface area contributed by atoms with Crippen LogP contribution in [0.2, 0.25) is 0 Å². The number of aliphatic carboxylic acids is 1. The van der Waals surface area contributed by atoms with Gasteiger partial charge in [0.1, 0.15) is 5.54 Å². The van der Waals surface area contributed by atoms with E-state index in [0.29, 0.717) is 24.3 Å². The van der Waals surface area contributed by atoms with Gasteiger partial charge in [-0.2, -0.15) is 0 Å². The van der Waals surface area contributed by atoms with E-state index in [9.17, 15) is 14.7 Å². The standard InChI is InChI=1S/C16H23NO3S/c1-4-12-5-7-16(8-6-12,15(19)20)17-14(18)13-9-10(2)21-11(13)3/h9,12H,4-8H2,1-3H3,(H,17,18)(H,19,20). The number of nitrogens with one attached hydrogen (secondary N) is 1. The van der Waals surface area contributed by atoms with E-state index < -0.39 is 11.5 Å². The summed E-state index contributed by atoms with van der Waals surface area (Å²) in [4.78, 5) is 26.2. The van der Waals surface area contributed by atoms with Crippen molar-refractivity contribution in [3.05, 3.63) is 21.4 Å². The molecule has 1 fully saturated rings. The molecule has 0 bridgehead atoms. The first kappa shape index (κ1) is 16.0. The molecule has 0 aromatic carbocycles. The van der Waals surface area contributed by atoms with E-state index in [4.69, 9.17) is 0 Å². The fourth-order valence-electron chi connectivity index (χ4n) is 3.11. The molecule has 1 amide bonds. The average molecular weight is 309 g/mol. The van der Waals surface area contributed by atoms with Gasteiger partial charge in [0.25, 0.3) is 5.91 Å². The first-order valence-electron chi connectivity index (χ1n) is 7.51. The normalized spacial score (nSPS) is 25.6. The molecular formula is C16H23NO3S. The fraction of sp³-hybridized carbons (Fsp3) is 0.625. The fourth-order valence-corrected chi connectivity index (χ4v) is 4.03. The van der Waals surface area contributed by atoms with Gasteiger partial charge in [0.2, 0.25) is 0 Å². The van der Waals surface area contributed by atoms with E-state index >= 15 is 0 Å². The highest BCUT2D eigenvalue weighted by atomic mass is 32.1. The summed E-state index contributed by atoms with van der Waals surface area (Å²) in [5.41, 5.74) is -0.485. The third-order valence-electron chi connectivity index (χ3n) is 4.58. The van der Waals surface area contributed by atoms with Crippen LogP contribution in [-0.4, -0.2) is 22.5 Å². The lowest BCUT2D eigenvalue weighted by molar-refractivity contribution is -0.146. The minimum absolute atomic E-state index is 0.255. The Morgan fingerprint density at radius 3 is 2.43 bits per heavy atom. The van der Waals surface area contributed by atoms with Gasteiger partial charge in [0, 0.05) is 9.75 Å². The molecule has 4 nitrogen and oxygen atoms in total. The van der Waals surface area contributed by atoms with Gasteiger partial charge >= 0.3 is 5.97 Å². The number of aryl methyl sites for hydroxylation is 2. The van der Waals surface area contributed by atoms with Gasteiger partial charge in [-0.1, -0.05) is 13.3 Å². The molecule has 0 atom stereocenters. The largest absolute Gasteiger partial charge is 0.480 e. The topological polar surface area (TPSA) is 66.4 Å². The van der Waals surface area contributed by atoms with Gasteiger partial charge in [-0.25, -0.2) is 4.79 Å². The van der Waals surface area contributed by atoms with Crippen LogP contribution in [0.3, 0.4) is 0 Å². The summed E-state index contributed by atoms with van der Waals surface area (Å²) in [6.45, 7) is 5.98. The quantitative estimate of drug-likeness (QED) is 0.894. The second kappa shape index (κ2) is 6.18. The van der Waals surface area contributed by atoms with Crippen LogP contribution in [0.4, 0.5) is 0 Å². The van der Waals surface area contributed by atoms with Gasteiger partial charge in [-0.05, 0) is 51.5 Å². The number of amides is 1. The van der Waals surface area contributed by atoms with E-state index in [1.54, 1.807) is 11.3 Å². The van der Waals surface area contributed by atoms with E-state index in [-0.39, 0.29) is 5.91 Å². The number of carbonyl (C=O) groups excluding carboxylic acids is 1. The predicted octanol–water partition coefficient (Wildman–Crippen LogP) is 3.52. The molecule has 21 heavy (non-hydrogen) atoms. The number of thiophene rings is 1. The van der Waals surface area contributed by atoms with Crippen molar-refractivity contribution in [3.63, 3.8) is 0 Å². The summed E-state index contributed by atoms with van der Waals surface area (Å²) in [5.74, 6) is -0.580. The Morgan fingerprint density at radius 2 is 2.00 bits per heavy atom. The number of hydrogen-bond acceptors (Lipinski definition) is 3. The molecule has 1 heterocycles. The molecule has 1 saturated carbocycles. The van der Waals surface area contributed by atoms with Crippen LogP contribution in [0.1, 0.15) is 59.1 Å². The Hall–Kier alpha value is -1.36. The molecule has 2 rings (SSSR count). The van der Waals surface area contributed by atoms with Crippen molar-refractivity contribution in [2.75, 3.05) is 0 Å². The van der Waals surface area contributed by atoms with Crippen LogP contribution < -0.4 is 5.32 Å². The highest BCUT2D eigenvalue weighted by molar-refractivity contribution is 7.12. The third kappa shape index (κ3) is 3.28. The summed E-state index contributed by atoms with van der Waals surface area (Å²) in [6.07, 6.45) is 3.85. The summed E-state index contributed by atoms with van der Waals surface area (Å²) in [7, 11) is 0. The first-order valence-corrected chi connectivity index (χ1v) is 8.32. The maximum absolute atomic E-state index is 12.4. The molecule has 0 spiro atoms. The number of carboxylic acids is 1.